The van der Waals surface area contributed by atoms with Crippen molar-refractivity contribution in [3.05, 3.63) is 41.4 Å². The molecule has 2 aliphatic rings. The molecule has 1 atom stereocenters. The molecule has 0 spiro atoms. The van der Waals surface area contributed by atoms with Gasteiger partial charge in [-0.1, -0.05) is 32.1 Å². The zero-order valence-electron chi connectivity index (χ0n) is 19.4. The van der Waals surface area contributed by atoms with Crippen LogP contribution >= 0.6 is 11.3 Å². The number of hydrogen-bond donors (Lipinski definition) is 1. The van der Waals surface area contributed by atoms with Gasteiger partial charge in [0.05, 0.1) is 17.0 Å². The second-order valence-electron chi connectivity index (χ2n) is 9.03. The summed E-state index contributed by atoms with van der Waals surface area (Å²) in [6.45, 7) is -0.558. The monoisotopic (exact) mass is 544 g/mol. The number of nitrogens with zero attached hydrogens (tertiary/aromatic N) is 3. The highest BCUT2D eigenvalue weighted by Gasteiger charge is 2.39. The molecule has 1 aliphatic carbocycles. The third-order valence-corrected chi connectivity index (χ3v) is 9.21. The molecule has 1 aliphatic heterocycles. The van der Waals surface area contributed by atoms with E-state index in [4.69, 9.17) is 0 Å². The van der Waals surface area contributed by atoms with E-state index in [1.165, 1.54) is 16.2 Å². The molecule has 1 N–H and O–H groups in total. The summed E-state index contributed by atoms with van der Waals surface area (Å²) >= 11 is 1.26. The van der Waals surface area contributed by atoms with E-state index in [2.05, 4.69) is 10.3 Å². The Morgan fingerprint density at radius 1 is 1.14 bits per heavy atom. The normalized spacial score (nSPS) is 19.3. The number of halogens is 3. The molecule has 1 aromatic carbocycles. The molecule has 1 saturated carbocycles. The molecule has 8 nitrogen and oxygen atoms in total. The first-order valence-corrected chi connectivity index (χ1v) is 14.0. The summed E-state index contributed by atoms with van der Waals surface area (Å²) in [7, 11) is -4.19. The Kier molecular flexibility index (Phi) is 8.00. The minimum absolute atomic E-state index is 0.00136. The number of amides is 2. The molecule has 0 radical (unpaired) electrons. The largest absolute Gasteiger partial charge is 0.416 e. The van der Waals surface area contributed by atoms with Crippen LogP contribution in [0.3, 0.4) is 0 Å². The van der Waals surface area contributed by atoms with Gasteiger partial charge in [-0.15, -0.1) is 11.3 Å². The maximum Gasteiger partial charge on any atom is 0.416 e. The average Bonchev–Trinajstić information content (AvgIpc) is 3.36. The second kappa shape index (κ2) is 10.9. The molecule has 1 unspecified atom stereocenters. The number of hydrogen-bond acceptors (Lipinski definition) is 6. The lowest BCUT2D eigenvalue weighted by molar-refractivity contribution is -0.142. The van der Waals surface area contributed by atoms with Crippen molar-refractivity contribution in [2.24, 2.45) is 5.92 Å². The van der Waals surface area contributed by atoms with Crippen LogP contribution in [0.1, 0.15) is 44.1 Å². The fourth-order valence-electron chi connectivity index (χ4n) is 4.75. The van der Waals surface area contributed by atoms with E-state index in [1.54, 1.807) is 11.6 Å². The number of alkyl halides is 3. The number of piperazine rings is 1. The van der Waals surface area contributed by atoms with Crippen LogP contribution in [0.4, 0.5) is 18.3 Å². The van der Waals surface area contributed by atoms with Gasteiger partial charge in [0.2, 0.25) is 21.8 Å². The van der Waals surface area contributed by atoms with Crippen molar-refractivity contribution in [2.45, 2.75) is 55.6 Å². The SMILES string of the molecule is O=C(Nc1nccs1)C(CC1CCCCC1)N1CCN(S(=O)(=O)c2ccc(C(F)(F)F)cc2)CC1=O. The summed E-state index contributed by atoms with van der Waals surface area (Å²) in [5.74, 6) is -0.595. The topological polar surface area (TPSA) is 99.7 Å². The van der Waals surface area contributed by atoms with E-state index >= 15 is 0 Å². The molecular weight excluding hydrogens is 517 g/mol. The molecule has 196 valence electrons. The van der Waals surface area contributed by atoms with E-state index in [0.717, 1.165) is 48.5 Å². The zero-order valence-corrected chi connectivity index (χ0v) is 21.0. The fraction of sp³-hybridized carbons (Fsp3) is 0.522. The summed E-state index contributed by atoms with van der Waals surface area (Å²) in [5, 5.41) is 4.91. The lowest BCUT2D eigenvalue weighted by Crippen LogP contribution is -2.58. The minimum atomic E-state index is -4.59. The number of thiazole rings is 1. The Morgan fingerprint density at radius 2 is 1.83 bits per heavy atom. The molecule has 13 heteroatoms. The van der Waals surface area contributed by atoms with Crippen LogP contribution in [0, 0.1) is 5.92 Å². The van der Waals surface area contributed by atoms with Crippen molar-refractivity contribution in [1.82, 2.24) is 14.2 Å². The third-order valence-electron chi connectivity index (χ3n) is 6.66. The van der Waals surface area contributed by atoms with E-state index in [9.17, 15) is 31.2 Å². The highest BCUT2D eigenvalue weighted by atomic mass is 32.2. The standard InChI is InChI=1S/C23H27F3N4O4S2/c24-23(25,26)17-6-8-18(9-7-17)36(33,34)29-11-12-30(20(31)15-29)19(14-16-4-2-1-3-5-16)21(32)28-22-27-10-13-35-22/h6-10,13,16,19H,1-5,11-12,14-15H2,(H,27,28,32). The Hall–Kier alpha value is -2.51. The van der Waals surface area contributed by atoms with Crippen LogP contribution in [-0.2, 0) is 25.8 Å². The Labute approximate surface area is 211 Å². The maximum absolute atomic E-state index is 13.2. The Bertz CT molecular complexity index is 1160. The van der Waals surface area contributed by atoms with Crippen molar-refractivity contribution >= 4 is 38.3 Å². The quantitative estimate of drug-likeness (QED) is 0.569. The van der Waals surface area contributed by atoms with Crippen LogP contribution in [0.2, 0.25) is 0 Å². The van der Waals surface area contributed by atoms with Gasteiger partial charge >= 0.3 is 6.18 Å². The van der Waals surface area contributed by atoms with Crippen molar-refractivity contribution in [3.63, 3.8) is 0 Å². The highest BCUT2D eigenvalue weighted by molar-refractivity contribution is 7.89. The van der Waals surface area contributed by atoms with Crippen LogP contribution in [0.5, 0.6) is 0 Å². The molecule has 2 fully saturated rings. The summed E-state index contributed by atoms with van der Waals surface area (Å²) in [6, 6.07) is 2.42. The summed E-state index contributed by atoms with van der Waals surface area (Å²) in [4.78, 5) is 31.5. The lowest BCUT2D eigenvalue weighted by atomic mass is 9.84. The molecular formula is C23H27F3N4O4S2. The van der Waals surface area contributed by atoms with Gasteiger partial charge in [-0.25, -0.2) is 13.4 Å². The first kappa shape index (κ1) is 26.6. The number of carbonyl (C=O) groups excluding carboxylic acids is 2. The highest BCUT2D eigenvalue weighted by Crippen LogP contribution is 2.32. The molecule has 2 heterocycles. The number of benzene rings is 1. The Balaban J connectivity index is 1.49. The van der Waals surface area contributed by atoms with Gasteiger partial charge in [-0.3, -0.25) is 9.59 Å². The average molecular weight is 545 g/mol. The van der Waals surface area contributed by atoms with Crippen LogP contribution in [0.15, 0.2) is 40.7 Å². The minimum Gasteiger partial charge on any atom is -0.328 e. The van der Waals surface area contributed by atoms with E-state index < -0.39 is 40.3 Å². The fourth-order valence-corrected chi connectivity index (χ4v) is 6.67. The smallest absolute Gasteiger partial charge is 0.328 e. The summed E-state index contributed by atoms with van der Waals surface area (Å²) in [5.41, 5.74) is -0.959. The van der Waals surface area contributed by atoms with Gasteiger partial charge in [0.25, 0.3) is 0 Å². The van der Waals surface area contributed by atoms with Gasteiger partial charge in [0, 0.05) is 24.7 Å². The first-order chi connectivity index (χ1) is 17.1. The van der Waals surface area contributed by atoms with Gasteiger partial charge in [0.15, 0.2) is 5.13 Å². The lowest BCUT2D eigenvalue weighted by Gasteiger charge is -2.39. The predicted octanol–water partition coefficient (Wildman–Crippen LogP) is 3.97. The first-order valence-electron chi connectivity index (χ1n) is 11.7. The maximum atomic E-state index is 13.2. The number of aromatic nitrogens is 1. The number of carbonyl (C=O) groups is 2. The number of rotatable bonds is 7. The zero-order chi connectivity index (χ0) is 25.9. The predicted molar refractivity (Wildman–Crippen MR) is 128 cm³/mol. The molecule has 36 heavy (non-hydrogen) atoms. The molecule has 0 bridgehead atoms. The van der Waals surface area contributed by atoms with Crippen LogP contribution in [-0.4, -0.2) is 60.1 Å². The molecule has 2 amide bonds. The summed E-state index contributed by atoms with van der Waals surface area (Å²) < 4.78 is 65.5. The van der Waals surface area contributed by atoms with Gasteiger partial charge < -0.3 is 10.2 Å². The molecule has 4 rings (SSSR count). The van der Waals surface area contributed by atoms with Crippen molar-refractivity contribution in [3.8, 4) is 0 Å². The van der Waals surface area contributed by atoms with Crippen LogP contribution in [0.25, 0.3) is 0 Å². The van der Waals surface area contributed by atoms with E-state index in [0.29, 0.717) is 23.7 Å². The van der Waals surface area contributed by atoms with Crippen molar-refractivity contribution in [2.75, 3.05) is 25.0 Å². The van der Waals surface area contributed by atoms with Gasteiger partial charge in [-0.2, -0.15) is 17.5 Å². The van der Waals surface area contributed by atoms with Crippen molar-refractivity contribution in [1.29, 1.82) is 0 Å². The van der Waals surface area contributed by atoms with Crippen molar-refractivity contribution < 1.29 is 31.2 Å². The number of anilines is 1. The molecule has 1 saturated heterocycles. The van der Waals surface area contributed by atoms with E-state index in [-0.39, 0.29) is 29.8 Å². The van der Waals surface area contributed by atoms with Gasteiger partial charge in [0.1, 0.15) is 6.04 Å². The Morgan fingerprint density at radius 3 is 2.42 bits per heavy atom. The molecule has 1 aromatic heterocycles. The van der Waals surface area contributed by atoms with E-state index in [1.807, 2.05) is 0 Å². The summed E-state index contributed by atoms with van der Waals surface area (Å²) in [6.07, 6.45) is 2.68. The number of nitrogens with one attached hydrogen (secondary N) is 1. The van der Waals surface area contributed by atoms with Crippen LogP contribution < -0.4 is 5.32 Å². The third kappa shape index (κ3) is 6.06. The van der Waals surface area contributed by atoms with Gasteiger partial charge in [-0.05, 0) is 36.6 Å². The second-order valence-corrected chi connectivity index (χ2v) is 11.9. The number of sulfonamides is 1. The molecule has 2 aromatic rings.